The lowest BCUT2D eigenvalue weighted by Gasteiger charge is -2.19. The first-order valence-corrected chi connectivity index (χ1v) is 14.3. The number of nitrogens with one attached hydrogen (secondary N) is 3. The molecule has 0 aliphatic carbocycles. The molecule has 0 saturated heterocycles. The van der Waals surface area contributed by atoms with Crippen molar-refractivity contribution in [1.29, 1.82) is 0 Å². The summed E-state index contributed by atoms with van der Waals surface area (Å²) in [6, 6.07) is 7.86. The van der Waals surface area contributed by atoms with Crippen molar-refractivity contribution in [3.63, 3.8) is 0 Å². The standard InChI is InChI=1S/C24H35N3O5.C5H6N2S/c1-24(2,3)15-7-4-5-10-21(29)27-20(9-6-8-16-25-23(31)32)22(30)26-19-13-11-18(17-28)12-14-19;1-8-5-6-3-2-4-7-5/h11-14,20,25,28H,4-6,8-10,16-17H2,1-3H3,(H,26,30)(H,27,29)(H,31,32);2-4H,1H3. The molecule has 11 heteroatoms. The monoisotopic (exact) mass is 571 g/mol. The highest BCUT2D eigenvalue weighted by Crippen LogP contribution is 2.12. The topological polar surface area (TPSA) is 154 Å². The average molecular weight is 572 g/mol. The number of carbonyl (C=O) groups is 3. The molecule has 1 heterocycles. The van der Waals surface area contributed by atoms with Crippen LogP contribution in [0.2, 0.25) is 0 Å². The van der Waals surface area contributed by atoms with Gasteiger partial charge in [-0.25, -0.2) is 14.8 Å². The number of unbranched alkanes of at least 4 members (excludes halogenated alkanes) is 2. The number of thioether (sulfide) groups is 1. The molecule has 1 atom stereocenters. The van der Waals surface area contributed by atoms with E-state index in [1.54, 1.807) is 54.5 Å². The molecule has 40 heavy (non-hydrogen) atoms. The van der Waals surface area contributed by atoms with Crippen LogP contribution in [0.25, 0.3) is 0 Å². The van der Waals surface area contributed by atoms with Crippen molar-refractivity contribution in [2.24, 2.45) is 5.41 Å². The molecule has 0 aliphatic rings. The van der Waals surface area contributed by atoms with Gasteiger partial charge in [0.05, 0.1) is 6.61 Å². The average Bonchev–Trinajstić information content (AvgIpc) is 2.92. The van der Waals surface area contributed by atoms with E-state index in [-0.39, 0.29) is 36.8 Å². The summed E-state index contributed by atoms with van der Waals surface area (Å²) in [5.41, 5.74) is 1.22. The summed E-state index contributed by atoms with van der Waals surface area (Å²) in [6.45, 7) is 6.28. The fraction of sp³-hybridized carbons (Fsp3) is 0.483. The van der Waals surface area contributed by atoms with Gasteiger partial charge in [-0.15, -0.1) is 5.92 Å². The zero-order valence-electron chi connectivity index (χ0n) is 23.7. The quantitative estimate of drug-likeness (QED) is 0.102. The van der Waals surface area contributed by atoms with Gasteiger partial charge in [-0.3, -0.25) is 9.59 Å². The molecule has 218 valence electrons. The minimum Gasteiger partial charge on any atom is -0.465 e. The molecule has 10 nitrogen and oxygen atoms in total. The number of rotatable bonds is 13. The van der Waals surface area contributed by atoms with Gasteiger partial charge in [0.15, 0.2) is 5.16 Å². The maximum absolute atomic E-state index is 12.8. The number of nitrogens with zero attached hydrogens (tertiary/aromatic N) is 2. The molecular weight excluding hydrogens is 530 g/mol. The zero-order valence-corrected chi connectivity index (χ0v) is 24.5. The van der Waals surface area contributed by atoms with E-state index in [0.29, 0.717) is 37.8 Å². The Bertz CT molecular complexity index is 1100. The Morgan fingerprint density at radius 2 is 1.73 bits per heavy atom. The van der Waals surface area contributed by atoms with Crippen LogP contribution in [0, 0.1) is 17.3 Å². The van der Waals surface area contributed by atoms with E-state index in [4.69, 9.17) is 10.2 Å². The van der Waals surface area contributed by atoms with E-state index in [0.717, 1.165) is 10.7 Å². The minimum atomic E-state index is -1.09. The molecular formula is C29H41N5O5S. The number of aliphatic hydroxyl groups excluding tert-OH is 1. The van der Waals surface area contributed by atoms with Crippen molar-refractivity contribution in [2.75, 3.05) is 18.1 Å². The predicted octanol–water partition coefficient (Wildman–Crippen LogP) is 4.46. The maximum atomic E-state index is 12.8. The van der Waals surface area contributed by atoms with Gasteiger partial charge in [-0.1, -0.05) is 29.8 Å². The molecule has 0 radical (unpaired) electrons. The molecule has 1 aromatic carbocycles. The summed E-state index contributed by atoms with van der Waals surface area (Å²) >= 11 is 1.55. The van der Waals surface area contributed by atoms with Crippen LogP contribution in [0.5, 0.6) is 0 Å². The van der Waals surface area contributed by atoms with Crippen LogP contribution in [0.3, 0.4) is 0 Å². The second kappa shape index (κ2) is 19.4. The summed E-state index contributed by atoms with van der Waals surface area (Å²) in [6.07, 6.45) is 7.33. The number of carbonyl (C=O) groups excluding carboxylic acids is 2. The molecule has 2 aromatic rings. The normalized spacial score (nSPS) is 11.1. The van der Waals surface area contributed by atoms with Crippen LogP contribution >= 0.6 is 11.8 Å². The first-order chi connectivity index (χ1) is 19.0. The van der Waals surface area contributed by atoms with E-state index in [9.17, 15) is 14.4 Å². The Hall–Kier alpha value is -3.62. The van der Waals surface area contributed by atoms with Crippen LogP contribution in [0.1, 0.15) is 64.9 Å². The summed E-state index contributed by atoms with van der Waals surface area (Å²) < 4.78 is 0. The highest BCUT2D eigenvalue weighted by molar-refractivity contribution is 7.98. The van der Waals surface area contributed by atoms with Crippen LogP contribution in [-0.4, -0.2) is 56.9 Å². The largest absolute Gasteiger partial charge is 0.465 e. The minimum absolute atomic E-state index is 0.0731. The third-order valence-corrected chi connectivity index (χ3v) is 5.72. The molecule has 0 fully saturated rings. The number of carboxylic acid groups (broad SMARTS) is 1. The smallest absolute Gasteiger partial charge is 0.404 e. The Balaban J connectivity index is 0.000000850. The third kappa shape index (κ3) is 17.1. The third-order valence-electron chi connectivity index (χ3n) is 5.15. The van der Waals surface area contributed by atoms with E-state index in [2.05, 4.69) is 37.8 Å². The van der Waals surface area contributed by atoms with Gasteiger partial charge < -0.3 is 26.2 Å². The van der Waals surface area contributed by atoms with Gasteiger partial charge in [0.2, 0.25) is 11.8 Å². The zero-order chi connectivity index (χ0) is 29.8. The number of amides is 3. The summed E-state index contributed by atoms with van der Waals surface area (Å²) in [7, 11) is 0. The first kappa shape index (κ1) is 34.4. The Kier molecular flexibility index (Phi) is 16.7. The maximum Gasteiger partial charge on any atom is 0.404 e. The fourth-order valence-corrected chi connectivity index (χ4v) is 3.52. The highest BCUT2D eigenvalue weighted by atomic mass is 32.2. The molecule has 0 aliphatic heterocycles. The fourth-order valence-electron chi connectivity index (χ4n) is 3.18. The van der Waals surface area contributed by atoms with Crippen molar-refractivity contribution in [3.8, 4) is 11.8 Å². The van der Waals surface area contributed by atoms with Crippen molar-refractivity contribution in [3.05, 3.63) is 48.3 Å². The van der Waals surface area contributed by atoms with Crippen molar-refractivity contribution >= 4 is 35.4 Å². The number of aliphatic hydroxyl groups is 1. The number of hydrogen-bond donors (Lipinski definition) is 5. The van der Waals surface area contributed by atoms with Gasteiger partial charge >= 0.3 is 6.09 Å². The van der Waals surface area contributed by atoms with Crippen LogP contribution in [0.4, 0.5) is 10.5 Å². The van der Waals surface area contributed by atoms with E-state index in [1.807, 2.05) is 27.0 Å². The molecule has 2 rings (SSSR count). The molecule has 3 amide bonds. The summed E-state index contributed by atoms with van der Waals surface area (Å²) in [5.74, 6) is 5.64. The lowest BCUT2D eigenvalue weighted by atomic mass is 9.98. The Morgan fingerprint density at radius 1 is 1.05 bits per heavy atom. The summed E-state index contributed by atoms with van der Waals surface area (Å²) in [4.78, 5) is 43.6. The predicted molar refractivity (Wildman–Crippen MR) is 158 cm³/mol. The van der Waals surface area contributed by atoms with E-state index >= 15 is 0 Å². The number of anilines is 1. The van der Waals surface area contributed by atoms with Crippen LogP contribution in [0.15, 0.2) is 47.9 Å². The molecule has 0 bridgehead atoms. The lowest BCUT2D eigenvalue weighted by Crippen LogP contribution is -2.43. The number of aromatic nitrogens is 2. The Morgan fingerprint density at radius 3 is 2.27 bits per heavy atom. The van der Waals surface area contributed by atoms with Gasteiger partial charge in [0.25, 0.3) is 0 Å². The van der Waals surface area contributed by atoms with Crippen molar-refractivity contribution in [2.45, 2.75) is 77.1 Å². The number of hydrogen-bond acceptors (Lipinski definition) is 7. The van der Waals surface area contributed by atoms with Crippen molar-refractivity contribution < 1.29 is 24.6 Å². The molecule has 1 aromatic heterocycles. The second-order valence-electron chi connectivity index (χ2n) is 9.83. The first-order valence-electron chi connectivity index (χ1n) is 13.1. The lowest BCUT2D eigenvalue weighted by molar-refractivity contribution is -0.126. The van der Waals surface area contributed by atoms with Gasteiger partial charge in [-0.2, -0.15) is 0 Å². The van der Waals surface area contributed by atoms with Crippen LogP contribution < -0.4 is 16.0 Å². The van der Waals surface area contributed by atoms with Crippen LogP contribution in [-0.2, 0) is 16.2 Å². The molecule has 0 saturated carbocycles. The summed E-state index contributed by atoms with van der Waals surface area (Å²) in [5, 5.41) is 26.5. The highest BCUT2D eigenvalue weighted by Gasteiger charge is 2.20. The molecule has 0 spiro atoms. The Labute approximate surface area is 241 Å². The number of benzene rings is 1. The van der Waals surface area contributed by atoms with E-state index < -0.39 is 12.1 Å². The van der Waals surface area contributed by atoms with E-state index in [1.165, 1.54) is 0 Å². The van der Waals surface area contributed by atoms with Gasteiger partial charge in [0, 0.05) is 42.9 Å². The molecule has 1 unspecified atom stereocenters. The van der Waals surface area contributed by atoms with Crippen molar-refractivity contribution in [1.82, 2.24) is 20.6 Å². The molecule has 5 N–H and O–H groups in total. The SMILES string of the molecule is CC(C)(C)C#CCCCC(=O)NC(CCCCNC(=O)O)C(=O)Nc1ccc(CO)cc1.CSc1ncccn1. The van der Waals surface area contributed by atoms with Gasteiger partial charge in [0.1, 0.15) is 6.04 Å². The van der Waals surface area contributed by atoms with Gasteiger partial charge in [-0.05, 0) is 76.5 Å². The second-order valence-corrected chi connectivity index (χ2v) is 10.6.